The van der Waals surface area contributed by atoms with E-state index >= 15 is 0 Å². The van der Waals surface area contributed by atoms with Gasteiger partial charge in [0.1, 0.15) is 6.61 Å². The van der Waals surface area contributed by atoms with E-state index < -0.39 is 32.5 Å². The van der Waals surface area contributed by atoms with Crippen LogP contribution in [0.15, 0.2) is 72.9 Å². The average molecular weight is 960 g/mol. The van der Waals surface area contributed by atoms with Gasteiger partial charge >= 0.3 is 19.8 Å². The first-order valence-corrected chi connectivity index (χ1v) is 28.9. The van der Waals surface area contributed by atoms with Gasteiger partial charge in [-0.25, -0.2) is 4.57 Å². The molecule has 0 saturated carbocycles. The predicted molar refractivity (Wildman–Crippen MR) is 284 cm³/mol. The van der Waals surface area contributed by atoms with Crippen molar-refractivity contribution in [2.45, 2.75) is 251 Å². The van der Waals surface area contributed by atoms with Crippen molar-refractivity contribution in [3.8, 4) is 0 Å². The van der Waals surface area contributed by atoms with Crippen LogP contribution in [0.4, 0.5) is 0 Å². The first-order valence-electron chi connectivity index (χ1n) is 27.4. The number of ether oxygens (including phenoxy) is 2. The van der Waals surface area contributed by atoms with Crippen LogP contribution >= 0.6 is 7.82 Å². The second kappa shape index (κ2) is 52.8. The van der Waals surface area contributed by atoms with Crippen LogP contribution in [0.5, 0.6) is 0 Å². The molecule has 0 aromatic heterocycles. The Morgan fingerprint density at radius 2 is 0.821 bits per heavy atom. The normalized spacial score (nSPS) is 13.7. The molecule has 0 aromatic carbocycles. The molecule has 0 amide bonds. The molecule has 0 saturated heterocycles. The van der Waals surface area contributed by atoms with E-state index in [1.807, 2.05) is 0 Å². The molecule has 3 N–H and O–H groups in total. The molecule has 0 aromatic rings. The van der Waals surface area contributed by atoms with Crippen LogP contribution in [0, 0.1) is 0 Å². The number of carbonyl (C=O) groups is 2. The molecule has 10 heteroatoms. The molecule has 0 aliphatic carbocycles. The van der Waals surface area contributed by atoms with Gasteiger partial charge in [-0.3, -0.25) is 18.6 Å². The number of unbranched alkanes of at least 4 members (excludes halogenated alkanes) is 26. The van der Waals surface area contributed by atoms with E-state index in [9.17, 15) is 19.0 Å². The largest absolute Gasteiger partial charge is 0.472 e. The summed E-state index contributed by atoms with van der Waals surface area (Å²) >= 11 is 0. The summed E-state index contributed by atoms with van der Waals surface area (Å²) in [7, 11) is -4.39. The Balaban J connectivity index is 3.87. The molecule has 0 aliphatic heterocycles. The predicted octanol–water partition coefficient (Wildman–Crippen LogP) is 17.0. The Bertz CT molecular complexity index is 1320. The highest BCUT2D eigenvalue weighted by molar-refractivity contribution is 7.47. The van der Waals surface area contributed by atoms with Gasteiger partial charge in [0.2, 0.25) is 0 Å². The summed E-state index contributed by atoms with van der Waals surface area (Å²) in [4.78, 5) is 35.0. The fourth-order valence-electron chi connectivity index (χ4n) is 7.55. The minimum absolute atomic E-state index is 0.0503. The molecule has 0 aliphatic rings. The third-order valence-electron chi connectivity index (χ3n) is 11.6. The molecular weight excluding hydrogens is 858 g/mol. The molecule has 0 spiro atoms. The summed E-state index contributed by atoms with van der Waals surface area (Å²) in [5.41, 5.74) is 5.37. The highest BCUT2D eigenvalue weighted by atomic mass is 31.2. The highest BCUT2D eigenvalue weighted by Gasteiger charge is 2.26. The number of phosphoric acid groups is 1. The molecule has 2 atom stereocenters. The quantitative estimate of drug-likeness (QED) is 0.0264. The number of carbonyl (C=O) groups excluding carboxylic acids is 2. The van der Waals surface area contributed by atoms with Gasteiger partial charge in [0, 0.05) is 19.4 Å². The Morgan fingerprint density at radius 1 is 0.463 bits per heavy atom. The monoisotopic (exact) mass is 960 g/mol. The van der Waals surface area contributed by atoms with Crippen molar-refractivity contribution in [1.29, 1.82) is 0 Å². The third kappa shape index (κ3) is 52.7. The summed E-state index contributed by atoms with van der Waals surface area (Å²) in [5.74, 6) is -0.840. The minimum Gasteiger partial charge on any atom is -0.462 e. The van der Waals surface area contributed by atoms with Crippen molar-refractivity contribution >= 4 is 19.8 Å². The van der Waals surface area contributed by atoms with E-state index in [1.54, 1.807) is 0 Å². The van der Waals surface area contributed by atoms with Crippen LogP contribution in [0.1, 0.15) is 245 Å². The van der Waals surface area contributed by atoms with Crippen LogP contribution in [0.2, 0.25) is 0 Å². The lowest BCUT2D eigenvalue weighted by Gasteiger charge is -2.19. The van der Waals surface area contributed by atoms with Gasteiger partial charge in [-0.05, 0) is 77.0 Å². The van der Waals surface area contributed by atoms with E-state index in [0.717, 1.165) is 89.9 Å². The fraction of sp³-hybridized carbons (Fsp3) is 0.754. The topological polar surface area (TPSA) is 134 Å². The number of allylic oxidation sites excluding steroid dienone is 12. The molecular formula is C57H102NO8P. The van der Waals surface area contributed by atoms with E-state index in [4.69, 9.17) is 24.3 Å². The van der Waals surface area contributed by atoms with Gasteiger partial charge in [0.05, 0.1) is 13.2 Å². The smallest absolute Gasteiger partial charge is 0.462 e. The second-order valence-corrected chi connectivity index (χ2v) is 19.5. The Morgan fingerprint density at radius 3 is 1.22 bits per heavy atom. The maximum Gasteiger partial charge on any atom is 0.472 e. The zero-order chi connectivity index (χ0) is 48.8. The average Bonchev–Trinajstić information content (AvgIpc) is 3.32. The number of phosphoric ester groups is 1. The molecule has 9 nitrogen and oxygen atoms in total. The third-order valence-corrected chi connectivity index (χ3v) is 12.5. The maximum atomic E-state index is 12.7. The summed E-state index contributed by atoms with van der Waals surface area (Å²) in [5, 5.41) is 0. The summed E-state index contributed by atoms with van der Waals surface area (Å²) in [6.07, 6.45) is 66.8. The van der Waals surface area contributed by atoms with Gasteiger partial charge in [-0.2, -0.15) is 0 Å². The van der Waals surface area contributed by atoms with Crippen molar-refractivity contribution in [2.24, 2.45) is 5.73 Å². The van der Waals surface area contributed by atoms with Gasteiger partial charge in [-0.1, -0.05) is 228 Å². The van der Waals surface area contributed by atoms with Gasteiger partial charge in [0.15, 0.2) is 6.10 Å². The number of esters is 2. The Hall–Kier alpha value is -2.55. The van der Waals surface area contributed by atoms with Crippen LogP contribution < -0.4 is 5.73 Å². The van der Waals surface area contributed by atoms with Crippen LogP contribution in [-0.2, 0) is 32.7 Å². The van der Waals surface area contributed by atoms with Gasteiger partial charge in [0.25, 0.3) is 0 Å². The molecule has 0 rings (SSSR count). The SMILES string of the molecule is CC/C=C\C/C=C\C/C=C\C/C=C\CCCCCCCCCCCCCCCCCCCCCCC(=O)OC(COC(=O)CCCCCCC/C=C\C/C=C\CCC)COP(=O)(O)OCCN. The zero-order valence-corrected chi connectivity index (χ0v) is 44.0. The standard InChI is InChI=1S/C57H102NO8P/c1-3-5-7-9-11-13-15-17-18-19-20-21-22-23-24-25-26-27-28-29-30-31-32-33-34-35-36-38-40-42-44-46-48-50-57(60)66-55(54-65-67(61,62)64-52-51-58)53-63-56(59)49-47-45-43-41-39-37-16-14-12-10-8-6-4-2/h5,7-8,10-11,13-14,16-18,20-21,55H,3-4,6,9,12,15,19,22-54,58H2,1-2H3,(H,61,62)/b7-5-,10-8-,13-11-,16-14-,18-17-,21-20-. The van der Waals surface area contributed by atoms with E-state index in [0.29, 0.717) is 12.8 Å². The fourth-order valence-corrected chi connectivity index (χ4v) is 8.31. The molecule has 0 bridgehead atoms. The Labute approximate surface area is 411 Å². The van der Waals surface area contributed by atoms with Crippen LogP contribution in [0.3, 0.4) is 0 Å². The van der Waals surface area contributed by atoms with E-state index in [2.05, 4.69) is 86.8 Å². The molecule has 388 valence electrons. The minimum atomic E-state index is -4.39. The lowest BCUT2D eigenvalue weighted by atomic mass is 10.0. The first-order chi connectivity index (χ1) is 32.8. The number of hydrogen-bond donors (Lipinski definition) is 2. The summed E-state index contributed by atoms with van der Waals surface area (Å²) in [6.45, 7) is 3.56. The molecule has 0 fully saturated rings. The lowest BCUT2D eigenvalue weighted by molar-refractivity contribution is -0.161. The van der Waals surface area contributed by atoms with Crippen LogP contribution in [0.25, 0.3) is 0 Å². The van der Waals surface area contributed by atoms with Crippen LogP contribution in [-0.4, -0.2) is 49.3 Å². The lowest BCUT2D eigenvalue weighted by Crippen LogP contribution is -2.29. The van der Waals surface area contributed by atoms with Crippen molar-refractivity contribution in [3.63, 3.8) is 0 Å². The number of rotatable bonds is 51. The van der Waals surface area contributed by atoms with E-state index in [-0.39, 0.29) is 32.6 Å². The first kappa shape index (κ1) is 64.5. The van der Waals surface area contributed by atoms with Gasteiger partial charge in [-0.15, -0.1) is 0 Å². The van der Waals surface area contributed by atoms with Gasteiger partial charge < -0.3 is 20.1 Å². The van der Waals surface area contributed by atoms with Crippen molar-refractivity contribution in [1.82, 2.24) is 0 Å². The van der Waals surface area contributed by atoms with Crippen molar-refractivity contribution in [3.05, 3.63) is 72.9 Å². The molecule has 0 radical (unpaired) electrons. The Kier molecular flexibility index (Phi) is 50.8. The maximum absolute atomic E-state index is 12.7. The van der Waals surface area contributed by atoms with E-state index in [1.165, 1.54) is 116 Å². The highest BCUT2D eigenvalue weighted by Crippen LogP contribution is 2.43. The molecule has 2 unspecified atom stereocenters. The zero-order valence-electron chi connectivity index (χ0n) is 43.1. The van der Waals surface area contributed by atoms with Crippen molar-refractivity contribution < 1.29 is 37.6 Å². The van der Waals surface area contributed by atoms with Crippen molar-refractivity contribution in [2.75, 3.05) is 26.4 Å². The number of hydrogen-bond acceptors (Lipinski definition) is 8. The molecule has 0 heterocycles. The summed E-state index contributed by atoms with van der Waals surface area (Å²) in [6, 6.07) is 0. The number of nitrogens with two attached hydrogens (primary N) is 1. The second-order valence-electron chi connectivity index (χ2n) is 18.1. The summed E-state index contributed by atoms with van der Waals surface area (Å²) < 4.78 is 32.9. The molecule has 67 heavy (non-hydrogen) atoms.